The summed E-state index contributed by atoms with van der Waals surface area (Å²) in [5.41, 5.74) is 0. The van der Waals surface area contributed by atoms with Crippen molar-refractivity contribution in [1.29, 1.82) is 0 Å². The molecule has 0 fully saturated rings. The van der Waals surface area contributed by atoms with Crippen LogP contribution >= 0.6 is 11.6 Å². The Hall–Kier alpha value is -0.870. The molecule has 0 aliphatic carbocycles. The first kappa shape index (κ1) is 13.2. The number of unbranched alkanes of at least 4 members (excludes halogenated alkanes) is 1. The summed E-state index contributed by atoms with van der Waals surface area (Å²) in [7, 11) is -1.06. The Kier molecular flexibility index (Phi) is 5.49. The summed E-state index contributed by atoms with van der Waals surface area (Å²) < 4.78 is 11.7. The standard InChI is InChI=1S/C11H13ClO3S/c12-9-4-6-10(7-5-9)16(15)8-2-1-3-11(13)14/h4-7H,1-3,8H2,(H,13,14). The van der Waals surface area contributed by atoms with Gasteiger partial charge in [-0.3, -0.25) is 9.00 Å². The van der Waals surface area contributed by atoms with Crippen LogP contribution in [0.4, 0.5) is 0 Å². The minimum atomic E-state index is -1.06. The highest BCUT2D eigenvalue weighted by Gasteiger charge is 2.04. The molecular formula is C11H13ClO3S. The van der Waals surface area contributed by atoms with Crippen LogP contribution in [0.2, 0.25) is 5.02 Å². The first-order valence-corrected chi connectivity index (χ1v) is 6.65. The minimum absolute atomic E-state index is 0.137. The minimum Gasteiger partial charge on any atom is -0.481 e. The molecule has 0 aliphatic rings. The highest BCUT2D eigenvalue weighted by atomic mass is 35.5. The lowest BCUT2D eigenvalue weighted by Gasteiger charge is -2.01. The molecule has 1 atom stereocenters. The predicted molar refractivity (Wildman–Crippen MR) is 64.2 cm³/mol. The summed E-state index contributed by atoms with van der Waals surface area (Å²) in [6, 6.07) is 6.86. The van der Waals surface area contributed by atoms with Crippen molar-refractivity contribution in [3.05, 3.63) is 29.3 Å². The Bertz CT molecular complexity index is 375. The third-order valence-electron chi connectivity index (χ3n) is 2.05. The van der Waals surface area contributed by atoms with Gasteiger partial charge in [0.25, 0.3) is 0 Å². The van der Waals surface area contributed by atoms with Gasteiger partial charge in [0.05, 0.1) is 10.8 Å². The van der Waals surface area contributed by atoms with E-state index in [1.807, 2.05) is 0 Å². The molecule has 0 saturated heterocycles. The lowest BCUT2D eigenvalue weighted by atomic mass is 10.2. The maximum Gasteiger partial charge on any atom is 0.303 e. The number of halogens is 1. The van der Waals surface area contributed by atoms with E-state index in [-0.39, 0.29) is 6.42 Å². The Balaban J connectivity index is 2.35. The monoisotopic (exact) mass is 260 g/mol. The van der Waals surface area contributed by atoms with Gasteiger partial charge in [-0.05, 0) is 37.1 Å². The van der Waals surface area contributed by atoms with Gasteiger partial charge >= 0.3 is 5.97 Å². The van der Waals surface area contributed by atoms with Crippen molar-refractivity contribution in [3.8, 4) is 0 Å². The smallest absolute Gasteiger partial charge is 0.303 e. The van der Waals surface area contributed by atoms with E-state index in [0.29, 0.717) is 23.6 Å². The molecule has 0 aromatic heterocycles. The van der Waals surface area contributed by atoms with Crippen molar-refractivity contribution in [2.24, 2.45) is 0 Å². The van der Waals surface area contributed by atoms with E-state index in [4.69, 9.17) is 16.7 Å². The van der Waals surface area contributed by atoms with Crippen LogP contribution in [0.3, 0.4) is 0 Å². The van der Waals surface area contributed by atoms with Gasteiger partial charge < -0.3 is 5.11 Å². The SMILES string of the molecule is O=C(O)CCCCS(=O)c1ccc(Cl)cc1. The molecule has 3 nitrogen and oxygen atoms in total. The summed E-state index contributed by atoms with van der Waals surface area (Å²) in [6.07, 6.45) is 1.36. The second-order valence-electron chi connectivity index (χ2n) is 3.35. The van der Waals surface area contributed by atoms with Gasteiger partial charge in [0.15, 0.2) is 0 Å². The molecule has 0 spiro atoms. The van der Waals surface area contributed by atoms with Crippen molar-refractivity contribution in [3.63, 3.8) is 0 Å². The Labute approximate surface area is 102 Å². The van der Waals surface area contributed by atoms with Gasteiger partial charge in [0.2, 0.25) is 0 Å². The van der Waals surface area contributed by atoms with Gasteiger partial charge in [-0.1, -0.05) is 11.6 Å². The fourth-order valence-corrected chi connectivity index (χ4v) is 2.48. The number of carboxylic acid groups (broad SMARTS) is 1. The summed E-state index contributed by atoms with van der Waals surface area (Å²) in [6.45, 7) is 0. The van der Waals surface area contributed by atoms with Crippen LogP contribution < -0.4 is 0 Å². The number of benzene rings is 1. The number of aliphatic carboxylic acids is 1. The molecule has 5 heteroatoms. The van der Waals surface area contributed by atoms with Gasteiger partial charge in [-0.2, -0.15) is 0 Å². The van der Waals surface area contributed by atoms with Crippen LogP contribution in [0.5, 0.6) is 0 Å². The highest BCUT2D eigenvalue weighted by molar-refractivity contribution is 7.85. The average Bonchev–Trinajstić information content (AvgIpc) is 2.25. The molecule has 1 unspecified atom stereocenters. The van der Waals surface area contributed by atoms with E-state index in [1.165, 1.54) is 0 Å². The van der Waals surface area contributed by atoms with Gasteiger partial charge in [-0.25, -0.2) is 0 Å². The molecule has 1 rings (SSSR count). The lowest BCUT2D eigenvalue weighted by Crippen LogP contribution is -2.00. The molecule has 0 saturated carbocycles. The van der Waals surface area contributed by atoms with E-state index < -0.39 is 16.8 Å². The first-order valence-electron chi connectivity index (χ1n) is 4.95. The zero-order chi connectivity index (χ0) is 12.0. The number of hydrogen-bond acceptors (Lipinski definition) is 2. The molecule has 88 valence electrons. The van der Waals surface area contributed by atoms with Crippen LogP contribution in [-0.2, 0) is 15.6 Å². The molecule has 1 aromatic carbocycles. The fourth-order valence-electron chi connectivity index (χ4n) is 1.21. The van der Waals surface area contributed by atoms with Crippen LogP contribution in [0, 0.1) is 0 Å². The lowest BCUT2D eigenvalue weighted by molar-refractivity contribution is -0.137. The molecule has 0 bridgehead atoms. The maximum atomic E-state index is 11.7. The van der Waals surface area contributed by atoms with Crippen molar-refractivity contribution in [2.75, 3.05) is 5.75 Å². The van der Waals surface area contributed by atoms with E-state index in [1.54, 1.807) is 24.3 Å². The van der Waals surface area contributed by atoms with Crippen molar-refractivity contribution in [1.82, 2.24) is 0 Å². The van der Waals surface area contributed by atoms with E-state index in [2.05, 4.69) is 0 Å². The van der Waals surface area contributed by atoms with Crippen LogP contribution in [-0.4, -0.2) is 21.0 Å². The molecule has 0 amide bonds. The molecule has 0 heterocycles. The third kappa shape index (κ3) is 4.77. The summed E-state index contributed by atoms with van der Waals surface area (Å²) in [5, 5.41) is 9.05. The Morgan fingerprint density at radius 1 is 1.25 bits per heavy atom. The zero-order valence-electron chi connectivity index (χ0n) is 8.69. The third-order valence-corrected chi connectivity index (χ3v) is 3.76. The number of carboxylic acids is 1. The van der Waals surface area contributed by atoms with Crippen molar-refractivity contribution >= 4 is 28.4 Å². The van der Waals surface area contributed by atoms with E-state index in [0.717, 1.165) is 4.90 Å². The topological polar surface area (TPSA) is 54.4 Å². The van der Waals surface area contributed by atoms with E-state index in [9.17, 15) is 9.00 Å². The van der Waals surface area contributed by atoms with E-state index >= 15 is 0 Å². The van der Waals surface area contributed by atoms with Gasteiger partial charge in [0, 0.05) is 22.1 Å². The zero-order valence-corrected chi connectivity index (χ0v) is 10.3. The molecule has 0 aliphatic heterocycles. The number of carbonyl (C=O) groups is 1. The normalized spacial score (nSPS) is 12.3. The number of hydrogen-bond donors (Lipinski definition) is 1. The molecule has 16 heavy (non-hydrogen) atoms. The van der Waals surface area contributed by atoms with Crippen molar-refractivity contribution in [2.45, 2.75) is 24.2 Å². The number of rotatable bonds is 6. The average molecular weight is 261 g/mol. The highest BCUT2D eigenvalue weighted by Crippen LogP contribution is 2.13. The Morgan fingerprint density at radius 3 is 2.44 bits per heavy atom. The first-order chi connectivity index (χ1) is 7.59. The van der Waals surface area contributed by atoms with Crippen LogP contribution in [0.15, 0.2) is 29.2 Å². The second kappa shape index (κ2) is 6.66. The summed E-state index contributed by atoms with van der Waals surface area (Å²) in [4.78, 5) is 11.0. The van der Waals surface area contributed by atoms with Crippen molar-refractivity contribution < 1.29 is 14.1 Å². The molecule has 1 N–H and O–H groups in total. The Morgan fingerprint density at radius 2 is 1.88 bits per heavy atom. The predicted octanol–water partition coefficient (Wildman–Crippen LogP) is 2.70. The molecular weight excluding hydrogens is 248 g/mol. The van der Waals surface area contributed by atoms with Crippen LogP contribution in [0.25, 0.3) is 0 Å². The van der Waals surface area contributed by atoms with Gasteiger partial charge in [0.1, 0.15) is 0 Å². The fraction of sp³-hybridized carbons (Fsp3) is 0.364. The largest absolute Gasteiger partial charge is 0.481 e. The van der Waals surface area contributed by atoms with Gasteiger partial charge in [-0.15, -0.1) is 0 Å². The quantitative estimate of drug-likeness (QED) is 0.800. The maximum absolute atomic E-state index is 11.7. The molecule has 0 radical (unpaired) electrons. The summed E-state index contributed by atoms with van der Waals surface area (Å²) >= 11 is 5.71. The summed E-state index contributed by atoms with van der Waals surface area (Å²) in [5.74, 6) is -0.313. The van der Waals surface area contributed by atoms with Crippen LogP contribution in [0.1, 0.15) is 19.3 Å². The second-order valence-corrected chi connectivity index (χ2v) is 5.36. The molecule has 1 aromatic rings.